The molecule has 2 aromatic heterocycles. The van der Waals surface area contributed by atoms with Gasteiger partial charge in [-0.3, -0.25) is 4.79 Å². The molecule has 1 aromatic carbocycles. The van der Waals surface area contributed by atoms with Gasteiger partial charge in [-0.1, -0.05) is 41.0 Å². The van der Waals surface area contributed by atoms with E-state index in [9.17, 15) is 4.79 Å². The lowest BCUT2D eigenvalue weighted by molar-refractivity contribution is -0.120. The number of rotatable bonds is 5. The highest BCUT2D eigenvalue weighted by molar-refractivity contribution is 8.00. The maximum absolute atomic E-state index is 12.3. The van der Waals surface area contributed by atoms with Gasteiger partial charge in [-0.05, 0) is 24.6 Å². The van der Waals surface area contributed by atoms with Crippen LogP contribution in [0.2, 0.25) is 10.0 Å². The summed E-state index contributed by atoms with van der Waals surface area (Å²) in [4.78, 5) is 27.6. The molecule has 9 heteroatoms. The quantitative estimate of drug-likeness (QED) is 0.522. The average molecular weight is 382 g/mol. The SMILES string of the molecule is C[C@H](Sc1ncnc2nc[nH]c12)C(=O)NCc1ccc(Cl)cc1Cl. The van der Waals surface area contributed by atoms with Gasteiger partial charge in [0.25, 0.3) is 0 Å². The van der Waals surface area contributed by atoms with Gasteiger partial charge in [-0.15, -0.1) is 0 Å². The van der Waals surface area contributed by atoms with Gasteiger partial charge in [0, 0.05) is 16.6 Å². The topological polar surface area (TPSA) is 83.6 Å². The number of aromatic amines is 1. The molecule has 3 rings (SSSR count). The molecular formula is C15H13Cl2N5OS. The lowest BCUT2D eigenvalue weighted by atomic mass is 10.2. The highest BCUT2D eigenvalue weighted by Gasteiger charge is 2.17. The number of amides is 1. The Hall–Kier alpha value is -1.83. The largest absolute Gasteiger partial charge is 0.351 e. The predicted octanol–water partition coefficient (Wildman–Crippen LogP) is 3.46. The monoisotopic (exact) mass is 381 g/mol. The fourth-order valence-electron chi connectivity index (χ4n) is 2.04. The minimum Gasteiger partial charge on any atom is -0.351 e. The van der Waals surface area contributed by atoms with Crippen LogP contribution in [0.5, 0.6) is 0 Å². The van der Waals surface area contributed by atoms with Crippen molar-refractivity contribution in [2.24, 2.45) is 0 Å². The second-order valence-electron chi connectivity index (χ2n) is 4.99. The van der Waals surface area contributed by atoms with Crippen molar-refractivity contribution in [2.45, 2.75) is 23.7 Å². The molecule has 6 nitrogen and oxygen atoms in total. The van der Waals surface area contributed by atoms with Gasteiger partial charge in [-0.2, -0.15) is 0 Å². The molecule has 2 N–H and O–H groups in total. The highest BCUT2D eigenvalue weighted by atomic mass is 35.5. The standard InChI is InChI=1S/C15H13Cl2N5OS/c1-8(24-15-12-13(20-6-19-12)21-7-22-15)14(23)18-5-9-2-3-10(16)4-11(9)17/h2-4,6-8H,5H2,1H3,(H,18,23)(H,19,20,21,22)/t8-/m0/s1. The number of nitrogens with one attached hydrogen (secondary N) is 2. The number of nitrogens with zero attached hydrogens (tertiary/aromatic N) is 3. The van der Waals surface area contributed by atoms with Crippen LogP contribution in [-0.2, 0) is 11.3 Å². The number of hydrogen-bond donors (Lipinski definition) is 2. The molecule has 2 heterocycles. The summed E-state index contributed by atoms with van der Waals surface area (Å²) in [6, 6.07) is 5.18. The van der Waals surface area contributed by atoms with Crippen molar-refractivity contribution in [1.29, 1.82) is 0 Å². The van der Waals surface area contributed by atoms with Crippen LogP contribution in [0.4, 0.5) is 0 Å². The zero-order valence-corrected chi connectivity index (χ0v) is 14.9. The maximum atomic E-state index is 12.3. The number of imidazole rings is 1. The van der Waals surface area contributed by atoms with Crippen molar-refractivity contribution >= 4 is 52.0 Å². The molecule has 24 heavy (non-hydrogen) atoms. The van der Waals surface area contributed by atoms with E-state index in [4.69, 9.17) is 23.2 Å². The Bertz CT molecular complexity index is 885. The molecule has 0 radical (unpaired) electrons. The summed E-state index contributed by atoms with van der Waals surface area (Å²) in [5.41, 5.74) is 2.11. The first kappa shape index (κ1) is 17.0. The van der Waals surface area contributed by atoms with Gasteiger partial charge in [0.05, 0.1) is 11.6 Å². The summed E-state index contributed by atoms with van der Waals surface area (Å²) in [6.45, 7) is 2.15. The summed E-state index contributed by atoms with van der Waals surface area (Å²) in [5.74, 6) is -0.114. The van der Waals surface area contributed by atoms with Crippen LogP contribution in [0.1, 0.15) is 12.5 Å². The molecule has 0 bridgehead atoms. The molecule has 3 aromatic rings. The zero-order chi connectivity index (χ0) is 17.1. The van der Waals surface area contributed by atoms with Crippen LogP contribution in [0, 0.1) is 0 Å². The van der Waals surface area contributed by atoms with Crippen LogP contribution in [0.3, 0.4) is 0 Å². The third kappa shape index (κ3) is 3.80. The van der Waals surface area contributed by atoms with Gasteiger partial charge in [-0.25, -0.2) is 15.0 Å². The lowest BCUT2D eigenvalue weighted by Crippen LogP contribution is -2.30. The Morgan fingerprint density at radius 3 is 2.96 bits per heavy atom. The summed E-state index contributed by atoms with van der Waals surface area (Å²) in [6.07, 6.45) is 2.99. The van der Waals surface area contributed by atoms with Crippen LogP contribution in [0.25, 0.3) is 11.2 Å². The van der Waals surface area contributed by atoms with Crippen LogP contribution >= 0.6 is 35.0 Å². The Kier molecular flexibility index (Phi) is 5.23. The molecular weight excluding hydrogens is 369 g/mol. The molecule has 0 aliphatic rings. The van der Waals surface area contributed by atoms with Crippen LogP contribution in [0.15, 0.2) is 35.9 Å². The Morgan fingerprint density at radius 2 is 2.17 bits per heavy atom. The van der Waals surface area contributed by atoms with Crippen molar-refractivity contribution in [2.75, 3.05) is 0 Å². The molecule has 0 saturated carbocycles. The number of benzene rings is 1. The second kappa shape index (κ2) is 7.38. The fourth-order valence-corrected chi connectivity index (χ4v) is 3.42. The van der Waals surface area contributed by atoms with Crippen LogP contribution in [-0.4, -0.2) is 31.1 Å². The minimum absolute atomic E-state index is 0.114. The molecule has 0 unspecified atom stereocenters. The van der Waals surface area contributed by atoms with E-state index < -0.39 is 0 Å². The van der Waals surface area contributed by atoms with Gasteiger partial charge in [0.1, 0.15) is 16.9 Å². The van der Waals surface area contributed by atoms with Crippen molar-refractivity contribution < 1.29 is 4.79 Å². The highest BCUT2D eigenvalue weighted by Crippen LogP contribution is 2.26. The maximum Gasteiger partial charge on any atom is 0.233 e. The third-order valence-electron chi connectivity index (χ3n) is 3.31. The van der Waals surface area contributed by atoms with Gasteiger partial charge < -0.3 is 10.3 Å². The zero-order valence-electron chi connectivity index (χ0n) is 12.6. The molecule has 1 atom stereocenters. The first-order valence-electron chi connectivity index (χ1n) is 7.07. The predicted molar refractivity (Wildman–Crippen MR) is 95.3 cm³/mol. The summed E-state index contributed by atoms with van der Waals surface area (Å²) in [5, 5.41) is 4.30. The smallest absolute Gasteiger partial charge is 0.233 e. The van der Waals surface area contributed by atoms with Gasteiger partial charge >= 0.3 is 0 Å². The number of thioether (sulfide) groups is 1. The van der Waals surface area contributed by atoms with E-state index in [2.05, 4.69) is 25.3 Å². The molecule has 0 saturated heterocycles. The van der Waals surface area contributed by atoms with E-state index in [1.165, 1.54) is 18.1 Å². The number of carbonyl (C=O) groups is 1. The Labute approximate surface area is 152 Å². The van der Waals surface area contributed by atoms with Crippen molar-refractivity contribution in [3.63, 3.8) is 0 Å². The number of fused-ring (bicyclic) bond motifs is 1. The first-order chi connectivity index (χ1) is 11.5. The van der Waals surface area contributed by atoms with Crippen molar-refractivity contribution in [3.8, 4) is 0 Å². The molecule has 0 aliphatic heterocycles. The molecule has 124 valence electrons. The minimum atomic E-state index is -0.336. The molecule has 0 fully saturated rings. The Morgan fingerprint density at radius 1 is 1.33 bits per heavy atom. The molecule has 0 spiro atoms. The normalized spacial score (nSPS) is 12.3. The van der Waals surface area contributed by atoms with E-state index in [1.807, 2.05) is 6.92 Å². The summed E-state index contributed by atoms with van der Waals surface area (Å²) < 4.78 is 0. The number of halogens is 2. The van der Waals surface area contributed by atoms with Crippen molar-refractivity contribution in [1.82, 2.24) is 25.3 Å². The molecule has 1 amide bonds. The number of H-pyrrole nitrogens is 1. The number of hydrogen-bond acceptors (Lipinski definition) is 5. The van der Waals surface area contributed by atoms with E-state index in [1.54, 1.807) is 24.5 Å². The molecule has 0 aliphatic carbocycles. The van der Waals surface area contributed by atoms with E-state index >= 15 is 0 Å². The van der Waals surface area contributed by atoms with Crippen LogP contribution < -0.4 is 5.32 Å². The van der Waals surface area contributed by atoms with Crippen molar-refractivity contribution in [3.05, 3.63) is 46.5 Å². The number of carbonyl (C=O) groups excluding carboxylic acids is 1. The summed E-state index contributed by atoms with van der Waals surface area (Å²) in [7, 11) is 0. The van der Waals surface area contributed by atoms with E-state index in [0.717, 1.165) is 11.1 Å². The van der Waals surface area contributed by atoms with Gasteiger partial charge in [0.15, 0.2) is 5.65 Å². The lowest BCUT2D eigenvalue weighted by Gasteiger charge is -2.12. The van der Waals surface area contributed by atoms with E-state index in [-0.39, 0.29) is 11.2 Å². The average Bonchev–Trinajstić information content (AvgIpc) is 3.03. The summed E-state index contributed by atoms with van der Waals surface area (Å²) >= 11 is 13.3. The van der Waals surface area contributed by atoms with E-state index in [0.29, 0.717) is 27.3 Å². The first-order valence-corrected chi connectivity index (χ1v) is 8.70. The second-order valence-corrected chi connectivity index (χ2v) is 7.17. The fraction of sp³-hybridized carbons (Fsp3) is 0.200. The van der Waals surface area contributed by atoms with Gasteiger partial charge in [0.2, 0.25) is 5.91 Å². The third-order valence-corrected chi connectivity index (χ3v) is 5.00. The Balaban J connectivity index is 1.63. The number of aromatic nitrogens is 4.